The molecular weight excluding hydrogens is 236 g/mol. The maximum absolute atomic E-state index is 11.4. The number of hydrogen-bond donors (Lipinski definition) is 4. The van der Waals surface area contributed by atoms with Gasteiger partial charge in [-0.2, -0.15) is 11.8 Å². The van der Waals surface area contributed by atoms with Gasteiger partial charge >= 0.3 is 6.03 Å². The molecule has 98 valence electrons. The summed E-state index contributed by atoms with van der Waals surface area (Å²) in [5, 5.41) is 5.76. The van der Waals surface area contributed by atoms with Gasteiger partial charge in [-0.05, 0) is 6.42 Å². The summed E-state index contributed by atoms with van der Waals surface area (Å²) in [5.41, 5.74) is 10.9. The number of unbranched alkanes of at least 4 members (excludes halogenated alkanes) is 3. The lowest BCUT2D eigenvalue weighted by Gasteiger charge is -2.35. The molecule has 0 aromatic rings. The van der Waals surface area contributed by atoms with E-state index < -0.39 is 11.3 Å². The van der Waals surface area contributed by atoms with Gasteiger partial charge in [0, 0.05) is 11.0 Å². The second-order valence-corrected chi connectivity index (χ2v) is 6.26. The number of nitrogens with two attached hydrogens (primary N) is 2. The number of rotatable bonds is 5. The minimum Gasteiger partial charge on any atom is -0.316 e. The molecule has 0 spiro atoms. The van der Waals surface area contributed by atoms with Crippen LogP contribution in [0.25, 0.3) is 0 Å². The molecule has 3 atom stereocenters. The molecule has 2 amide bonds. The minimum absolute atomic E-state index is 0.211. The molecule has 2 aliphatic rings. The van der Waals surface area contributed by atoms with E-state index in [2.05, 4.69) is 17.6 Å². The van der Waals surface area contributed by atoms with E-state index >= 15 is 0 Å². The first kappa shape index (κ1) is 13.0. The van der Waals surface area contributed by atoms with Crippen LogP contribution in [0.1, 0.15) is 39.0 Å². The van der Waals surface area contributed by atoms with Crippen LogP contribution in [-0.4, -0.2) is 28.4 Å². The molecular formula is C11H22N4OS. The van der Waals surface area contributed by atoms with Crippen LogP contribution in [0.2, 0.25) is 0 Å². The summed E-state index contributed by atoms with van der Waals surface area (Å²) in [5.74, 6) is 0.681. The van der Waals surface area contributed by atoms with Crippen LogP contribution in [0.3, 0.4) is 0 Å². The standard InChI is InChI=1S/C11H22N4OS/c1-2-3-4-5-6-8-11(13)10(12,7-17-8)14-9(16)15-11/h8H,2-7,12-13H2,1H3,(H2,14,15,16)/t8-,10-,11+/m0/s1. The second-order valence-electron chi connectivity index (χ2n) is 5.07. The molecule has 6 N–H and O–H groups in total. The van der Waals surface area contributed by atoms with Gasteiger partial charge in [0.25, 0.3) is 0 Å². The van der Waals surface area contributed by atoms with E-state index in [9.17, 15) is 4.79 Å². The van der Waals surface area contributed by atoms with Crippen molar-refractivity contribution < 1.29 is 4.79 Å². The van der Waals surface area contributed by atoms with Crippen molar-refractivity contribution in [1.82, 2.24) is 10.6 Å². The Kier molecular flexibility index (Phi) is 3.56. The first-order valence-electron chi connectivity index (χ1n) is 6.31. The van der Waals surface area contributed by atoms with E-state index in [-0.39, 0.29) is 11.3 Å². The summed E-state index contributed by atoms with van der Waals surface area (Å²) >= 11 is 1.76. The highest BCUT2D eigenvalue weighted by molar-refractivity contribution is 8.00. The maximum Gasteiger partial charge on any atom is 0.317 e. The normalized spacial score (nSPS) is 39.9. The van der Waals surface area contributed by atoms with Crippen molar-refractivity contribution >= 4 is 17.8 Å². The van der Waals surface area contributed by atoms with Crippen LogP contribution in [0.4, 0.5) is 4.79 Å². The number of thioether (sulfide) groups is 1. The van der Waals surface area contributed by atoms with Crippen molar-refractivity contribution in [2.75, 3.05) is 5.75 Å². The molecule has 5 nitrogen and oxygen atoms in total. The van der Waals surface area contributed by atoms with E-state index in [4.69, 9.17) is 11.5 Å². The van der Waals surface area contributed by atoms with E-state index in [0.717, 1.165) is 12.8 Å². The average molecular weight is 258 g/mol. The lowest BCUT2D eigenvalue weighted by Crippen LogP contribution is -2.72. The van der Waals surface area contributed by atoms with Crippen LogP contribution >= 0.6 is 11.8 Å². The highest BCUT2D eigenvalue weighted by Crippen LogP contribution is 2.42. The van der Waals surface area contributed by atoms with Crippen molar-refractivity contribution in [3.05, 3.63) is 0 Å². The lowest BCUT2D eigenvalue weighted by molar-refractivity contribution is 0.242. The predicted octanol–water partition coefficient (Wildman–Crippen LogP) is 0.695. The molecule has 0 aliphatic carbocycles. The van der Waals surface area contributed by atoms with E-state index in [0.29, 0.717) is 5.75 Å². The molecule has 2 aliphatic heterocycles. The average Bonchev–Trinajstić information content (AvgIpc) is 2.61. The van der Waals surface area contributed by atoms with E-state index in [1.165, 1.54) is 19.3 Å². The van der Waals surface area contributed by atoms with Gasteiger partial charge < -0.3 is 22.1 Å². The number of carbonyl (C=O) groups is 1. The molecule has 2 fully saturated rings. The molecule has 17 heavy (non-hydrogen) atoms. The zero-order valence-electron chi connectivity index (χ0n) is 10.3. The van der Waals surface area contributed by atoms with Crippen molar-refractivity contribution in [1.29, 1.82) is 0 Å². The number of nitrogens with one attached hydrogen (secondary N) is 2. The Morgan fingerprint density at radius 1 is 1.35 bits per heavy atom. The van der Waals surface area contributed by atoms with Gasteiger partial charge in [-0.15, -0.1) is 0 Å². The lowest BCUT2D eigenvalue weighted by atomic mass is 9.91. The molecule has 6 heteroatoms. The SMILES string of the molecule is CCCCCC[C@@H]1SC[C@]2(N)NC(=O)N[C@]12N. The Labute approximate surface area is 106 Å². The topological polar surface area (TPSA) is 93.2 Å². The van der Waals surface area contributed by atoms with Gasteiger partial charge in [0.2, 0.25) is 0 Å². The third kappa shape index (κ3) is 2.13. The Morgan fingerprint density at radius 3 is 2.82 bits per heavy atom. The fourth-order valence-corrected chi connectivity index (χ4v) is 4.23. The third-order valence-electron chi connectivity index (χ3n) is 3.74. The zero-order chi connectivity index (χ0) is 12.5. The molecule has 2 saturated heterocycles. The summed E-state index contributed by atoms with van der Waals surface area (Å²) in [7, 11) is 0. The minimum atomic E-state index is -0.791. The fourth-order valence-electron chi connectivity index (χ4n) is 2.59. The Balaban J connectivity index is 1.94. The first-order chi connectivity index (χ1) is 8.02. The van der Waals surface area contributed by atoms with Gasteiger partial charge in [-0.1, -0.05) is 32.6 Å². The molecule has 0 aromatic heterocycles. The smallest absolute Gasteiger partial charge is 0.316 e. The van der Waals surface area contributed by atoms with Crippen LogP contribution in [-0.2, 0) is 0 Å². The van der Waals surface area contributed by atoms with Gasteiger partial charge in [-0.3, -0.25) is 0 Å². The summed E-state index contributed by atoms with van der Waals surface area (Å²) < 4.78 is 0. The van der Waals surface area contributed by atoms with Crippen molar-refractivity contribution in [3.8, 4) is 0 Å². The first-order valence-corrected chi connectivity index (χ1v) is 7.36. The Morgan fingerprint density at radius 2 is 2.12 bits per heavy atom. The van der Waals surface area contributed by atoms with Gasteiger partial charge in [0.05, 0.1) is 0 Å². The molecule has 0 radical (unpaired) electrons. The van der Waals surface area contributed by atoms with Crippen LogP contribution < -0.4 is 22.1 Å². The van der Waals surface area contributed by atoms with E-state index in [1.54, 1.807) is 11.8 Å². The quantitative estimate of drug-likeness (QED) is 0.431. The summed E-state index contributed by atoms with van der Waals surface area (Å²) in [6, 6.07) is -0.242. The molecule has 0 unspecified atom stereocenters. The number of urea groups is 1. The van der Waals surface area contributed by atoms with Crippen molar-refractivity contribution in [2.24, 2.45) is 11.5 Å². The summed E-state index contributed by atoms with van der Waals surface area (Å²) in [6.45, 7) is 2.20. The number of hydrogen-bond acceptors (Lipinski definition) is 4. The highest BCUT2D eigenvalue weighted by Gasteiger charge is 2.62. The Hall–Kier alpha value is -0.460. The van der Waals surface area contributed by atoms with Crippen molar-refractivity contribution in [2.45, 2.75) is 55.6 Å². The fraction of sp³-hybridized carbons (Fsp3) is 0.909. The molecule has 2 rings (SSSR count). The van der Waals surface area contributed by atoms with E-state index in [1.807, 2.05) is 0 Å². The van der Waals surface area contributed by atoms with Gasteiger partial charge in [-0.25, -0.2) is 4.79 Å². The maximum atomic E-state index is 11.4. The van der Waals surface area contributed by atoms with Gasteiger partial charge in [0.1, 0.15) is 11.3 Å². The summed E-state index contributed by atoms with van der Waals surface area (Å²) in [6.07, 6.45) is 5.87. The number of amides is 2. The second kappa shape index (κ2) is 4.66. The predicted molar refractivity (Wildman–Crippen MR) is 70.5 cm³/mol. The number of carbonyl (C=O) groups excluding carboxylic acids is 1. The Bertz CT molecular complexity index is 314. The molecule has 0 aromatic carbocycles. The number of fused-ring (bicyclic) bond motifs is 1. The van der Waals surface area contributed by atoms with Crippen LogP contribution in [0.15, 0.2) is 0 Å². The monoisotopic (exact) mass is 258 g/mol. The van der Waals surface area contributed by atoms with Crippen molar-refractivity contribution in [3.63, 3.8) is 0 Å². The highest BCUT2D eigenvalue weighted by atomic mass is 32.2. The van der Waals surface area contributed by atoms with Crippen LogP contribution in [0, 0.1) is 0 Å². The molecule has 2 heterocycles. The van der Waals surface area contributed by atoms with Gasteiger partial charge in [0.15, 0.2) is 0 Å². The largest absolute Gasteiger partial charge is 0.317 e. The zero-order valence-corrected chi connectivity index (χ0v) is 11.1. The third-order valence-corrected chi connectivity index (χ3v) is 5.37. The molecule has 0 saturated carbocycles. The van der Waals surface area contributed by atoms with Crippen LogP contribution in [0.5, 0.6) is 0 Å². The summed E-state index contributed by atoms with van der Waals surface area (Å²) in [4.78, 5) is 11.4. The molecule has 0 bridgehead atoms.